The van der Waals surface area contributed by atoms with E-state index in [0.29, 0.717) is 28.4 Å². The number of ketones is 1. The maximum atomic E-state index is 12.5. The molecule has 1 amide bonds. The number of hydrogen-bond donors (Lipinski definition) is 1. The zero-order valence-electron chi connectivity index (χ0n) is 15.5. The number of rotatable bonds is 5. The molecule has 27 heavy (non-hydrogen) atoms. The van der Waals surface area contributed by atoms with Gasteiger partial charge < -0.3 is 10.1 Å². The summed E-state index contributed by atoms with van der Waals surface area (Å²) in [6.45, 7) is 5.26. The molecule has 0 aliphatic heterocycles. The number of hydrogen-bond acceptors (Lipinski definition) is 6. The molecule has 1 N–H and O–H groups in total. The van der Waals surface area contributed by atoms with Gasteiger partial charge in [0.05, 0.1) is 11.3 Å². The Morgan fingerprint density at radius 3 is 2.41 bits per heavy atom. The quantitative estimate of drug-likeness (QED) is 0.551. The van der Waals surface area contributed by atoms with Gasteiger partial charge in [0, 0.05) is 30.8 Å². The van der Waals surface area contributed by atoms with E-state index in [2.05, 4.69) is 20.4 Å². The van der Waals surface area contributed by atoms with Gasteiger partial charge in [-0.1, -0.05) is 0 Å². The SMILES string of the molecule is Cc1cc(Oc2ncccn2)ccc1NC(=O)C(=O)c1c(C)nn(C)c1C. The molecule has 0 unspecified atom stereocenters. The van der Waals surface area contributed by atoms with Gasteiger partial charge in [0.2, 0.25) is 0 Å². The number of Topliss-reactive ketones (excluding diaryl/α,β-unsaturated/α-hetero) is 1. The van der Waals surface area contributed by atoms with Crippen molar-refractivity contribution in [2.24, 2.45) is 7.05 Å². The molecule has 1 aromatic carbocycles. The molecular formula is C19H19N5O3. The van der Waals surface area contributed by atoms with Gasteiger partial charge in [0.1, 0.15) is 5.75 Å². The van der Waals surface area contributed by atoms with Gasteiger partial charge in [0.15, 0.2) is 0 Å². The van der Waals surface area contributed by atoms with Crippen LogP contribution in [0.1, 0.15) is 27.3 Å². The molecule has 3 aromatic rings. The van der Waals surface area contributed by atoms with Crippen molar-refractivity contribution in [1.82, 2.24) is 19.7 Å². The second-order valence-corrected chi connectivity index (χ2v) is 6.06. The maximum absolute atomic E-state index is 12.5. The third-order valence-corrected chi connectivity index (χ3v) is 4.14. The van der Waals surface area contributed by atoms with Crippen LogP contribution in [0.25, 0.3) is 0 Å². The zero-order valence-corrected chi connectivity index (χ0v) is 15.5. The highest BCUT2D eigenvalue weighted by Crippen LogP contribution is 2.24. The maximum Gasteiger partial charge on any atom is 0.321 e. The highest BCUT2D eigenvalue weighted by Gasteiger charge is 2.24. The van der Waals surface area contributed by atoms with Crippen LogP contribution >= 0.6 is 0 Å². The number of carbonyl (C=O) groups excluding carboxylic acids is 2. The Bertz CT molecular complexity index is 1010. The Labute approximate surface area is 156 Å². The highest BCUT2D eigenvalue weighted by molar-refractivity contribution is 6.47. The zero-order chi connectivity index (χ0) is 19.6. The van der Waals surface area contributed by atoms with E-state index in [1.54, 1.807) is 69.2 Å². The molecule has 8 nitrogen and oxygen atoms in total. The lowest BCUT2D eigenvalue weighted by molar-refractivity contribution is -0.112. The number of aromatic nitrogens is 4. The first-order chi connectivity index (χ1) is 12.9. The highest BCUT2D eigenvalue weighted by atomic mass is 16.5. The van der Waals surface area contributed by atoms with Gasteiger partial charge in [0.25, 0.3) is 11.7 Å². The van der Waals surface area contributed by atoms with Crippen molar-refractivity contribution in [3.8, 4) is 11.8 Å². The van der Waals surface area contributed by atoms with Gasteiger partial charge in [-0.15, -0.1) is 0 Å². The Morgan fingerprint density at radius 1 is 1.11 bits per heavy atom. The molecule has 2 aromatic heterocycles. The summed E-state index contributed by atoms with van der Waals surface area (Å²) in [4.78, 5) is 32.9. The third-order valence-electron chi connectivity index (χ3n) is 4.14. The Balaban J connectivity index is 1.75. The summed E-state index contributed by atoms with van der Waals surface area (Å²) in [7, 11) is 1.73. The number of anilines is 1. The smallest absolute Gasteiger partial charge is 0.321 e. The molecule has 0 aliphatic carbocycles. The molecular weight excluding hydrogens is 346 g/mol. The molecule has 3 rings (SSSR count). The molecule has 138 valence electrons. The average molecular weight is 365 g/mol. The van der Waals surface area contributed by atoms with Gasteiger partial charge in [-0.3, -0.25) is 14.3 Å². The minimum Gasteiger partial charge on any atom is -0.424 e. The monoisotopic (exact) mass is 365 g/mol. The van der Waals surface area contributed by atoms with E-state index >= 15 is 0 Å². The van der Waals surface area contributed by atoms with E-state index < -0.39 is 11.7 Å². The Morgan fingerprint density at radius 2 is 1.81 bits per heavy atom. The second-order valence-electron chi connectivity index (χ2n) is 6.06. The number of benzene rings is 1. The van der Waals surface area contributed by atoms with E-state index in [1.165, 1.54) is 0 Å². The van der Waals surface area contributed by atoms with Gasteiger partial charge >= 0.3 is 6.01 Å². The normalized spacial score (nSPS) is 10.5. The molecule has 0 radical (unpaired) electrons. The van der Waals surface area contributed by atoms with Crippen molar-refractivity contribution >= 4 is 17.4 Å². The fourth-order valence-electron chi connectivity index (χ4n) is 2.68. The lowest BCUT2D eigenvalue weighted by Gasteiger charge is -2.10. The van der Waals surface area contributed by atoms with Crippen molar-refractivity contribution in [1.29, 1.82) is 0 Å². The summed E-state index contributed by atoms with van der Waals surface area (Å²) < 4.78 is 7.14. The molecule has 8 heteroatoms. The molecule has 0 spiro atoms. The molecule has 0 saturated carbocycles. The first-order valence-electron chi connectivity index (χ1n) is 8.28. The second kappa shape index (κ2) is 7.36. The number of carbonyl (C=O) groups is 2. The standard InChI is InChI=1S/C19H19N5O3/c1-11-10-14(27-19-20-8-5-9-21-19)6-7-15(11)22-18(26)17(25)16-12(2)23-24(4)13(16)3/h5-10H,1-4H3,(H,22,26). The van der Waals surface area contributed by atoms with Crippen LogP contribution in [0.15, 0.2) is 36.7 Å². The van der Waals surface area contributed by atoms with E-state index in [-0.39, 0.29) is 6.01 Å². The fourth-order valence-corrected chi connectivity index (χ4v) is 2.68. The molecule has 0 bridgehead atoms. The van der Waals surface area contributed by atoms with Crippen LogP contribution in [0, 0.1) is 20.8 Å². The molecule has 0 aliphatic rings. The van der Waals surface area contributed by atoms with Crippen molar-refractivity contribution in [3.63, 3.8) is 0 Å². The summed E-state index contributed by atoms with van der Waals surface area (Å²) in [5.74, 6) is -0.796. The van der Waals surface area contributed by atoms with Crippen molar-refractivity contribution < 1.29 is 14.3 Å². The average Bonchev–Trinajstić information content (AvgIpc) is 2.89. The van der Waals surface area contributed by atoms with Gasteiger partial charge in [-0.2, -0.15) is 5.10 Å². The largest absolute Gasteiger partial charge is 0.424 e. The number of nitrogens with zero attached hydrogens (tertiary/aromatic N) is 4. The molecule has 2 heterocycles. The minimum atomic E-state index is -0.711. The lowest BCUT2D eigenvalue weighted by atomic mass is 10.1. The summed E-state index contributed by atoms with van der Waals surface area (Å²) in [5.41, 5.74) is 2.77. The van der Waals surface area contributed by atoms with Gasteiger partial charge in [-0.25, -0.2) is 9.97 Å². The minimum absolute atomic E-state index is 0.228. The van der Waals surface area contributed by atoms with Crippen molar-refractivity contribution in [2.45, 2.75) is 20.8 Å². The lowest BCUT2D eigenvalue weighted by Crippen LogP contribution is -2.24. The number of aryl methyl sites for hydroxylation is 3. The van der Waals surface area contributed by atoms with Crippen LogP contribution in [-0.4, -0.2) is 31.4 Å². The fraction of sp³-hybridized carbons (Fsp3) is 0.211. The van der Waals surface area contributed by atoms with Crippen molar-refractivity contribution in [3.05, 3.63) is 59.2 Å². The van der Waals surface area contributed by atoms with E-state index in [9.17, 15) is 9.59 Å². The van der Waals surface area contributed by atoms with Gasteiger partial charge in [-0.05, 0) is 50.6 Å². The Hall–Kier alpha value is -3.55. The van der Waals surface area contributed by atoms with E-state index in [0.717, 1.165) is 5.56 Å². The van der Waals surface area contributed by atoms with Crippen LogP contribution in [0.5, 0.6) is 11.8 Å². The summed E-state index contributed by atoms with van der Waals surface area (Å²) in [6.07, 6.45) is 3.16. The molecule has 0 fully saturated rings. The predicted molar refractivity (Wildman–Crippen MR) is 98.9 cm³/mol. The van der Waals surface area contributed by atoms with Crippen LogP contribution in [0.3, 0.4) is 0 Å². The number of amides is 1. The first kappa shape index (κ1) is 18.2. The summed E-state index contributed by atoms with van der Waals surface area (Å²) in [6, 6.07) is 6.99. The number of ether oxygens (including phenoxy) is 1. The summed E-state index contributed by atoms with van der Waals surface area (Å²) in [5, 5.41) is 6.83. The molecule has 0 atom stereocenters. The summed E-state index contributed by atoms with van der Waals surface area (Å²) >= 11 is 0. The molecule has 0 saturated heterocycles. The number of nitrogens with one attached hydrogen (secondary N) is 1. The van der Waals surface area contributed by atoms with E-state index in [1.807, 2.05) is 0 Å². The third kappa shape index (κ3) is 3.84. The van der Waals surface area contributed by atoms with Crippen LogP contribution < -0.4 is 10.1 Å². The van der Waals surface area contributed by atoms with Crippen LogP contribution in [-0.2, 0) is 11.8 Å². The van der Waals surface area contributed by atoms with Crippen LogP contribution in [0.2, 0.25) is 0 Å². The first-order valence-corrected chi connectivity index (χ1v) is 8.28. The predicted octanol–water partition coefficient (Wildman–Crippen LogP) is 2.75. The van der Waals surface area contributed by atoms with Crippen molar-refractivity contribution in [2.75, 3.05) is 5.32 Å². The topological polar surface area (TPSA) is 99.0 Å². The van der Waals surface area contributed by atoms with E-state index in [4.69, 9.17) is 4.74 Å². The Kier molecular flexibility index (Phi) is 4.98. The van der Waals surface area contributed by atoms with Crippen LogP contribution in [0.4, 0.5) is 5.69 Å².